The summed E-state index contributed by atoms with van der Waals surface area (Å²) in [5, 5.41) is 4.13. The minimum atomic E-state index is -0.0534. The van der Waals surface area contributed by atoms with Gasteiger partial charge in [0.15, 0.2) is 0 Å². The number of para-hydroxylation sites is 1. The van der Waals surface area contributed by atoms with Crippen LogP contribution in [0.15, 0.2) is 48.7 Å². The fraction of sp³-hybridized carbons (Fsp3) is 0.333. The van der Waals surface area contributed by atoms with Crippen molar-refractivity contribution in [3.63, 3.8) is 0 Å². The van der Waals surface area contributed by atoms with Gasteiger partial charge in [-0.3, -0.25) is 9.78 Å². The minimum Gasteiger partial charge on any atom is -0.320 e. The second kappa shape index (κ2) is 7.51. The fourth-order valence-electron chi connectivity index (χ4n) is 3.44. The minimum absolute atomic E-state index is 0.0534. The third-order valence-corrected chi connectivity index (χ3v) is 5.04. The van der Waals surface area contributed by atoms with Crippen molar-refractivity contribution in [1.29, 1.82) is 0 Å². The van der Waals surface area contributed by atoms with E-state index in [1.807, 2.05) is 30.3 Å². The zero-order valence-electron chi connectivity index (χ0n) is 16.9. The molecule has 1 heterocycles. The number of carbonyl (C=O) groups excluding carboxylic acids is 1. The number of hydrogen-bond donors (Lipinski definition) is 1. The summed E-state index contributed by atoms with van der Waals surface area (Å²) < 4.78 is 0. The Hall–Kier alpha value is -2.68. The predicted octanol–water partition coefficient (Wildman–Crippen LogP) is 5.91. The zero-order chi connectivity index (χ0) is 19.6. The lowest BCUT2D eigenvalue weighted by molar-refractivity contribution is 0.102. The third-order valence-electron chi connectivity index (χ3n) is 5.04. The van der Waals surface area contributed by atoms with Gasteiger partial charge in [0.25, 0.3) is 5.91 Å². The first-order valence-electron chi connectivity index (χ1n) is 9.66. The first-order chi connectivity index (χ1) is 12.8. The summed E-state index contributed by atoms with van der Waals surface area (Å²) >= 11 is 0. The van der Waals surface area contributed by atoms with Crippen LogP contribution >= 0.6 is 0 Å². The number of rotatable bonds is 4. The Kier molecular flexibility index (Phi) is 5.31. The Morgan fingerprint density at radius 2 is 1.63 bits per heavy atom. The van der Waals surface area contributed by atoms with Crippen LogP contribution in [0.2, 0.25) is 0 Å². The van der Waals surface area contributed by atoms with Gasteiger partial charge >= 0.3 is 0 Å². The van der Waals surface area contributed by atoms with E-state index >= 15 is 0 Å². The molecule has 1 amide bonds. The summed E-state index contributed by atoms with van der Waals surface area (Å²) in [4.78, 5) is 17.7. The van der Waals surface area contributed by atoms with Crippen molar-refractivity contribution in [1.82, 2.24) is 4.98 Å². The Balaban J connectivity index is 2.06. The van der Waals surface area contributed by atoms with Gasteiger partial charge in [-0.15, -0.1) is 0 Å². The van der Waals surface area contributed by atoms with E-state index in [9.17, 15) is 4.79 Å². The molecule has 0 spiro atoms. The maximum absolute atomic E-state index is 13.2. The van der Waals surface area contributed by atoms with Crippen LogP contribution in [0.4, 0.5) is 5.69 Å². The molecule has 3 heteroatoms. The van der Waals surface area contributed by atoms with Gasteiger partial charge in [0, 0.05) is 17.1 Å². The number of aryl methyl sites for hydroxylation is 2. The van der Waals surface area contributed by atoms with E-state index in [0.29, 0.717) is 0 Å². The fourth-order valence-corrected chi connectivity index (χ4v) is 3.44. The summed E-state index contributed by atoms with van der Waals surface area (Å²) in [7, 11) is 0. The lowest BCUT2D eigenvalue weighted by Gasteiger charge is -2.23. The van der Waals surface area contributed by atoms with Gasteiger partial charge in [-0.25, -0.2) is 0 Å². The molecule has 0 unspecified atom stereocenters. The third kappa shape index (κ3) is 3.87. The second-order valence-electron chi connectivity index (χ2n) is 7.96. The Labute approximate surface area is 161 Å². The molecular weight excluding hydrogens is 332 g/mol. The number of benzene rings is 2. The van der Waals surface area contributed by atoms with Gasteiger partial charge in [-0.1, -0.05) is 65.0 Å². The summed E-state index contributed by atoms with van der Waals surface area (Å²) in [6.07, 6.45) is 3.41. The average molecular weight is 361 g/mol. The number of fused-ring (bicyclic) bond motifs is 1. The molecule has 0 aliphatic rings. The Morgan fingerprint density at radius 1 is 1.00 bits per heavy atom. The van der Waals surface area contributed by atoms with Crippen LogP contribution < -0.4 is 5.32 Å². The van der Waals surface area contributed by atoms with Gasteiger partial charge < -0.3 is 5.32 Å². The molecule has 0 bridgehead atoms. The van der Waals surface area contributed by atoms with E-state index < -0.39 is 0 Å². The first-order valence-corrected chi connectivity index (χ1v) is 9.66. The quantitative estimate of drug-likeness (QED) is 0.628. The highest BCUT2D eigenvalue weighted by atomic mass is 16.1. The van der Waals surface area contributed by atoms with Crippen molar-refractivity contribution in [3.8, 4) is 0 Å². The number of pyridine rings is 1. The molecule has 27 heavy (non-hydrogen) atoms. The van der Waals surface area contributed by atoms with Gasteiger partial charge in [0.2, 0.25) is 0 Å². The van der Waals surface area contributed by atoms with Crippen molar-refractivity contribution in [2.24, 2.45) is 0 Å². The van der Waals surface area contributed by atoms with Gasteiger partial charge in [0.1, 0.15) is 0 Å². The van der Waals surface area contributed by atoms with E-state index in [1.54, 1.807) is 6.20 Å². The van der Waals surface area contributed by atoms with Crippen LogP contribution in [0.1, 0.15) is 61.7 Å². The van der Waals surface area contributed by atoms with Crippen LogP contribution in [0.3, 0.4) is 0 Å². The topological polar surface area (TPSA) is 42.0 Å². The van der Waals surface area contributed by atoms with Crippen LogP contribution in [0, 0.1) is 0 Å². The van der Waals surface area contributed by atoms with Crippen LogP contribution in [-0.2, 0) is 18.3 Å². The Morgan fingerprint density at radius 3 is 2.22 bits per heavy atom. The van der Waals surface area contributed by atoms with E-state index in [1.165, 1.54) is 5.56 Å². The number of nitrogens with one attached hydrogen (secondary N) is 1. The maximum atomic E-state index is 13.2. The molecule has 1 N–H and O–H groups in total. The highest BCUT2D eigenvalue weighted by Gasteiger charge is 2.21. The molecule has 0 saturated heterocycles. The van der Waals surface area contributed by atoms with Gasteiger partial charge in [-0.2, -0.15) is 0 Å². The highest BCUT2D eigenvalue weighted by molar-refractivity contribution is 6.09. The molecule has 3 rings (SSSR count). The molecule has 0 aliphatic heterocycles. The molecule has 0 atom stereocenters. The van der Waals surface area contributed by atoms with Crippen molar-refractivity contribution >= 4 is 22.5 Å². The highest BCUT2D eigenvalue weighted by Crippen LogP contribution is 2.29. The zero-order valence-corrected chi connectivity index (χ0v) is 16.9. The van der Waals surface area contributed by atoms with Gasteiger partial charge in [0.05, 0.1) is 11.2 Å². The number of aromatic nitrogens is 1. The lowest BCUT2D eigenvalue weighted by Crippen LogP contribution is -2.20. The Bertz CT molecular complexity index is 953. The molecule has 2 aromatic carbocycles. The summed E-state index contributed by atoms with van der Waals surface area (Å²) in [6, 6.07) is 14.2. The van der Waals surface area contributed by atoms with Crippen molar-refractivity contribution in [3.05, 3.63) is 70.9 Å². The maximum Gasteiger partial charge on any atom is 0.256 e. The lowest BCUT2D eigenvalue weighted by atomic mass is 9.82. The number of nitrogens with zero attached hydrogens (tertiary/aromatic N) is 1. The largest absolute Gasteiger partial charge is 0.320 e. The van der Waals surface area contributed by atoms with E-state index in [4.69, 9.17) is 0 Å². The van der Waals surface area contributed by atoms with Crippen LogP contribution in [-0.4, -0.2) is 10.9 Å². The SMILES string of the molecule is CCc1cc(C(C)(C)C)cc(CC)c1C(=O)Nc1cccc2cccnc12. The number of amides is 1. The molecule has 140 valence electrons. The number of hydrogen-bond acceptors (Lipinski definition) is 2. The van der Waals surface area contributed by atoms with Gasteiger partial charge in [-0.05, 0) is 47.1 Å². The van der Waals surface area contributed by atoms with Crippen molar-refractivity contribution in [2.75, 3.05) is 5.32 Å². The molecule has 3 nitrogen and oxygen atoms in total. The molecule has 0 aliphatic carbocycles. The normalized spacial score (nSPS) is 11.6. The van der Waals surface area contributed by atoms with Crippen molar-refractivity contribution < 1.29 is 4.79 Å². The molecular formula is C24H28N2O. The number of anilines is 1. The molecule has 0 saturated carbocycles. The monoisotopic (exact) mass is 360 g/mol. The van der Waals surface area contributed by atoms with E-state index in [-0.39, 0.29) is 11.3 Å². The first kappa shape index (κ1) is 19.1. The summed E-state index contributed by atoms with van der Waals surface area (Å²) in [5.41, 5.74) is 5.91. The predicted molar refractivity (Wildman–Crippen MR) is 114 cm³/mol. The summed E-state index contributed by atoms with van der Waals surface area (Å²) in [6.45, 7) is 10.9. The summed E-state index contributed by atoms with van der Waals surface area (Å²) in [5.74, 6) is -0.0534. The van der Waals surface area contributed by atoms with Crippen molar-refractivity contribution in [2.45, 2.75) is 52.9 Å². The molecule has 1 aromatic heterocycles. The standard InChI is InChI=1S/C24H28N2O/c1-6-16-14-19(24(3,4)5)15-17(7-2)21(16)23(27)26-20-12-8-10-18-11-9-13-25-22(18)20/h8-15H,6-7H2,1-5H3,(H,26,27). The molecule has 3 aromatic rings. The van der Waals surface area contributed by atoms with E-state index in [0.717, 1.165) is 46.1 Å². The molecule has 0 radical (unpaired) electrons. The van der Waals surface area contributed by atoms with E-state index in [2.05, 4.69) is 57.1 Å². The average Bonchev–Trinajstić information content (AvgIpc) is 2.66. The van der Waals surface area contributed by atoms with Crippen LogP contribution in [0.25, 0.3) is 10.9 Å². The second-order valence-corrected chi connectivity index (χ2v) is 7.96. The van der Waals surface area contributed by atoms with Crippen LogP contribution in [0.5, 0.6) is 0 Å². The molecule has 0 fully saturated rings. The smallest absolute Gasteiger partial charge is 0.256 e. The number of carbonyl (C=O) groups is 1.